The van der Waals surface area contributed by atoms with E-state index < -0.39 is 24.0 Å². The summed E-state index contributed by atoms with van der Waals surface area (Å²) in [5, 5.41) is 8.74. The van der Waals surface area contributed by atoms with Crippen molar-refractivity contribution in [2.75, 3.05) is 13.2 Å². The molecule has 0 radical (unpaired) electrons. The summed E-state index contributed by atoms with van der Waals surface area (Å²) in [5.41, 5.74) is 10.5. The largest absolute Gasteiger partial charge is 0.459 e. The molecular weight excluding hydrogens is 240 g/mol. The van der Waals surface area contributed by atoms with Crippen LogP contribution in [0.2, 0.25) is 0 Å². The maximum atomic E-state index is 11.5. The Morgan fingerprint density at radius 3 is 2.39 bits per heavy atom. The van der Waals surface area contributed by atoms with Gasteiger partial charge in [0.1, 0.15) is 12.1 Å². The van der Waals surface area contributed by atoms with Crippen LogP contribution in [0, 0.1) is 0 Å². The van der Waals surface area contributed by atoms with Crippen molar-refractivity contribution in [3.05, 3.63) is 0 Å². The zero-order chi connectivity index (χ0) is 14.1. The van der Waals surface area contributed by atoms with E-state index in [1.54, 1.807) is 13.8 Å². The number of aliphatic hydroxyl groups is 1. The van der Waals surface area contributed by atoms with E-state index >= 15 is 0 Å². The number of rotatable bonds is 9. The molecule has 0 spiro atoms. The number of carbonyl (C=O) groups is 2. The van der Waals surface area contributed by atoms with E-state index in [9.17, 15) is 9.59 Å². The summed E-state index contributed by atoms with van der Waals surface area (Å²) in [7, 11) is 0. The Morgan fingerprint density at radius 2 is 1.89 bits per heavy atom. The maximum absolute atomic E-state index is 11.5. The Bertz CT molecular complexity index is 272. The van der Waals surface area contributed by atoms with Crippen molar-refractivity contribution in [3.63, 3.8) is 0 Å². The first-order valence-electron chi connectivity index (χ1n) is 5.83. The summed E-state index contributed by atoms with van der Waals surface area (Å²) in [5.74, 6) is -1.10. The third kappa shape index (κ3) is 7.99. The van der Waals surface area contributed by atoms with E-state index in [1.165, 1.54) is 0 Å². The second-order valence-corrected chi connectivity index (χ2v) is 4.19. The molecule has 0 saturated carbocycles. The number of amides is 1. The van der Waals surface area contributed by atoms with Crippen LogP contribution in [0.15, 0.2) is 0 Å². The lowest BCUT2D eigenvalue weighted by Crippen LogP contribution is -2.36. The SMILES string of the molecule is CC(CO)OCC(C)OC(=O)C(N)CCC(N)=O. The molecule has 0 aliphatic carbocycles. The fraction of sp³-hybridized carbons (Fsp3) is 0.818. The molecule has 5 N–H and O–H groups in total. The highest BCUT2D eigenvalue weighted by molar-refractivity contribution is 5.78. The Balaban J connectivity index is 3.88. The summed E-state index contributed by atoms with van der Waals surface area (Å²) in [6.45, 7) is 3.44. The van der Waals surface area contributed by atoms with Crippen molar-refractivity contribution in [3.8, 4) is 0 Å². The molecule has 7 nitrogen and oxygen atoms in total. The topological polar surface area (TPSA) is 125 Å². The van der Waals surface area contributed by atoms with Crippen LogP contribution in [0.5, 0.6) is 0 Å². The van der Waals surface area contributed by atoms with Crippen LogP contribution in [0.1, 0.15) is 26.7 Å². The third-order valence-electron chi connectivity index (χ3n) is 2.19. The first-order chi connectivity index (χ1) is 8.36. The van der Waals surface area contributed by atoms with Gasteiger partial charge in [0.05, 0.1) is 19.3 Å². The normalized spacial score (nSPS) is 15.8. The molecule has 3 unspecified atom stereocenters. The van der Waals surface area contributed by atoms with E-state index in [4.69, 9.17) is 26.0 Å². The van der Waals surface area contributed by atoms with Crippen LogP contribution in [-0.2, 0) is 19.1 Å². The van der Waals surface area contributed by atoms with Gasteiger partial charge in [0.2, 0.25) is 5.91 Å². The number of hydrogen-bond acceptors (Lipinski definition) is 6. The third-order valence-corrected chi connectivity index (χ3v) is 2.19. The molecule has 0 rings (SSSR count). The molecular formula is C11H22N2O5. The molecule has 0 aliphatic rings. The van der Waals surface area contributed by atoms with Gasteiger partial charge >= 0.3 is 5.97 Å². The van der Waals surface area contributed by atoms with Gasteiger partial charge in [0, 0.05) is 6.42 Å². The summed E-state index contributed by atoms with van der Waals surface area (Å²) in [6, 6.07) is -0.866. The van der Waals surface area contributed by atoms with E-state index in [0.717, 1.165) is 0 Å². The van der Waals surface area contributed by atoms with Gasteiger partial charge in [0.25, 0.3) is 0 Å². The molecule has 0 aromatic carbocycles. The fourth-order valence-electron chi connectivity index (χ4n) is 1.09. The van der Waals surface area contributed by atoms with Crippen LogP contribution >= 0.6 is 0 Å². The molecule has 3 atom stereocenters. The van der Waals surface area contributed by atoms with Crippen LogP contribution in [-0.4, -0.2) is 48.4 Å². The molecule has 0 fully saturated rings. The zero-order valence-corrected chi connectivity index (χ0v) is 10.8. The van der Waals surface area contributed by atoms with E-state index in [0.29, 0.717) is 0 Å². The lowest BCUT2D eigenvalue weighted by molar-refractivity contribution is -0.154. The highest BCUT2D eigenvalue weighted by Gasteiger charge is 2.19. The number of nitrogens with two attached hydrogens (primary N) is 2. The minimum Gasteiger partial charge on any atom is -0.459 e. The number of primary amides is 1. The average molecular weight is 262 g/mol. The molecule has 7 heteroatoms. The van der Waals surface area contributed by atoms with Gasteiger partial charge in [-0.3, -0.25) is 9.59 Å². The van der Waals surface area contributed by atoms with Gasteiger partial charge in [-0.15, -0.1) is 0 Å². The molecule has 18 heavy (non-hydrogen) atoms. The molecule has 0 heterocycles. The Morgan fingerprint density at radius 1 is 1.28 bits per heavy atom. The first kappa shape index (κ1) is 16.8. The number of esters is 1. The highest BCUT2D eigenvalue weighted by Crippen LogP contribution is 2.02. The standard InChI is InChI=1S/C11H22N2O5/c1-7(5-14)17-6-8(2)18-11(16)9(12)3-4-10(13)15/h7-9,14H,3-6,12H2,1-2H3,(H2,13,15). The smallest absolute Gasteiger partial charge is 0.323 e. The molecule has 106 valence electrons. The summed E-state index contributed by atoms with van der Waals surface area (Å²) in [6.07, 6.45) is -0.571. The van der Waals surface area contributed by atoms with Gasteiger partial charge in [-0.05, 0) is 20.3 Å². The second-order valence-electron chi connectivity index (χ2n) is 4.19. The number of hydrogen-bond donors (Lipinski definition) is 3. The molecule has 0 saturated heterocycles. The lowest BCUT2D eigenvalue weighted by Gasteiger charge is -2.18. The van der Waals surface area contributed by atoms with E-state index in [1.807, 2.05) is 0 Å². The number of ether oxygens (including phenoxy) is 2. The summed E-state index contributed by atoms with van der Waals surface area (Å²) < 4.78 is 10.2. The van der Waals surface area contributed by atoms with Gasteiger partial charge in [-0.25, -0.2) is 0 Å². The second kappa shape index (κ2) is 8.84. The van der Waals surface area contributed by atoms with Crippen LogP contribution in [0.4, 0.5) is 0 Å². The minimum absolute atomic E-state index is 0.0443. The quantitative estimate of drug-likeness (QED) is 0.453. The van der Waals surface area contributed by atoms with E-state index in [-0.39, 0.29) is 32.2 Å². The highest BCUT2D eigenvalue weighted by atomic mass is 16.6. The summed E-state index contributed by atoms with van der Waals surface area (Å²) >= 11 is 0. The van der Waals surface area contributed by atoms with Crippen molar-refractivity contribution in [2.24, 2.45) is 11.5 Å². The average Bonchev–Trinajstić information content (AvgIpc) is 2.32. The lowest BCUT2D eigenvalue weighted by atomic mass is 10.1. The van der Waals surface area contributed by atoms with Crippen molar-refractivity contribution < 1.29 is 24.2 Å². The monoisotopic (exact) mass is 262 g/mol. The number of aliphatic hydroxyl groups excluding tert-OH is 1. The maximum Gasteiger partial charge on any atom is 0.323 e. The molecule has 0 aromatic heterocycles. The molecule has 0 bridgehead atoms. The molecule has 1 amide bonds. The summed E-state index contributed by atoms with van der Waals surface area (Å²) in [4.78, 5) is 22.0. The minimum atomic E-state index is -0.866. The van der Waals surface area contributed by atoms with E-state index in [2.05, 4.69) is 0 Å². The van der Waals surface area contributed by atoms with Gasteiger partial charge in [-0.1, -0.05) is 0 Å². The number of carbonyl (C=O) groups excluding carboxylic acids is 2. The molecule has 0 aromatic rings. The zero-order valence-electron chi connectivity index (χ0n) is 10.8. The van der Waals surface area contributed by atoms with Crippen molar-refractivity contribution in [1.82, 2.24) is 0 Å². The van der Waals surface area contributed by atoms with Crippen LogP contribution < -0.4 is 11.5 Å². The first-order valence-corrected chi connectivity index (χ1v) is 5.83. The Labute approximate surface area is 106 Å². The molecule has 0 aliphatic heterocycles. The van der Waals surface area contributed by atoms with Crippen molar-refractivity contribution in [2.45, 2.75) is 44.9 Å². The van der Waals surface area contributed by atoms with Crippen molar-refractivity contribution in [1.29, 1.82) is 0 Å². The van der Waals surface area contributed by atoms with Crippen molar-refractivity contribution >= 4 is 11.9 Å². The Hall–Kier alpha value is -1.18. The Kier molecular flexibility index (Phi) is 8.27. The van der Waals surface area contributed by atoms with Gasteiger partial charge in [-0.2, -0.15) is 0 Å². The van der Waals surface area contributed by atoms with Crippen LogP contribution in [0.25, 0.3) is 0 Å². The van der Waals surface area contributed by atoms with Gasteiger partial charge in [0.15, 0.2) is 0 Å². The van der Waals surface area contributed by atoms with Gasteiger partial charge < -0.3 is 26.0 Å². The predicted octanol–water partition coefficient (Wildman–Crippen LogP) is -1.09. The predicted molar refractivity (Wildman–Crippen MR) is 64.5 cm³/mol. The fourth-order valence-corrected chi connectivity index (χ4v) is 1.09. The van der Waals surface area contributed by atoms with Crippen LogP contribution in [0.3, 0.4) is 0 Å².